The van der Waals surface area contributed by atoms with Crippen molar-refractivity contribution in [2.75, 3.05) is 13.2 Å². The summed E-state index contributed by atoms with van der Waals surface area (Å²) in [5.74, 6) is 0.135. The smallest absolute Gasteiger partial charge is 0.220 e. The third kappa shape index (κ3) is 8.22. The SMILES string of the molecule is CC(C)(C)CC(=O)NCCCOC1CCC(N)CC1. The van der Waals surface area contributed by atoms with E-state index in [0.29, 0.717) is 25.1 Å². The third-order valence-electron chi connectivity index (χ3n) is 3.41. The Kier molecular flexibility index (Phi) is 6.80. The van der Waals surface area contributed by atoms with Crippen molar-refractivity contribution in [3.8, 4) is 0 Å². The van der Waals surface area contributed by atoms with E-state index in [2.05, 4.69) is 26.1 Å². The van der Waals surface area contributed by atoms with E-state index in [0.717, 1.165) is 38.7 Å². The van der Waals surface area contributed by atoms with Crippen LogP contribution in [0.5, 0.6) is 0 Å². The lowest BCUT2D eigenvalue weighted by Crippen LogP contribution is -2.31. The molecule has 1 aliphatic carbocycles. The molecule has 0 aliphatic heterocycles. The Balaban J connectivity index is 1.98. The fourth-order valence-corrected chi connectivity index (χ4v) is 2.35. The molecule has 4 heteroatoms. The molecule has 1 fully saturated rings. The highest BCUT2D eigenvalue weighted by molar-refractivity contribution is 5.76. The van der Waals surface area contributed by atoms with Crippen LogP contribution in [0.3, 0.4) is 0 Å². The van der Waals surface area contributed by atoms with E-state index >= 15 is 0 Å². The summed E-state index contributed by atoms with van der Waals surface area (Å²) in [6.07, 6.45) is 6.16. The summed E-state index contributed by atoms with van der Waals surface area (Å²) in [7, 11) is 0. The molecule has 1 saturated carbocycles. The largest absolute Gasteiger partial charge is 0.378 e. The highest BCUT2D eigenvalue weighted by atomic mass is 16.5. The molecule has 0 aromatic rings. The van der Waals surface area contributed by atoms with Gasteiger partial charge in [-0.2, -0.15) is 0 Å². The molecule has 0 unspecified atom stereocenters. The third-order valence-corrected chi connectivity index (χ3v) is 3.41. The minimum atomic E-state index is 0.0570. The molecule has 112 valence electrons. The first-order valence-electron chi connectivity index (χ1n) is 7.51. The molecular weight excluding hydrogens is 240 g/mol. The van der Waals surface area contributed by atoms with Crippen LogP contribution in [-0.4, -0.2) is 31.2 Å². The van der Waals surface area contributed by atoms with E-state index in [1.807, 2.05) is 0 Å². The van der Waals surface area contributed by atoms with Crippen LogP contribution in [0.4, 0.5) is 0 Å². The van der Waals surface area contributed by atoms with Crippen molar-refractivity contribution in [1.29, 1.82) is 0 Å². The van der Waals surface area contributed by atoms with Gasteiger partial charge in [0.2, 0.25) is 5.91 Å². The van der Waals surface area contributed by atoms with Crippen LogP contribution >= 0.6 is 0 Å². The van der Waals surface area contributed by atoms with Gasteiger partial charge in [-0.3, -0.25) is 4.79 Å². The fourth-order valence-electron chi connectivity index (χ4n) is 2.35. The predicted molar refractivity (Wildman–Crippen MR) is 77.9 cm³/mol. The zero-order valence-electron chi connectivity index (χ0n) is 12.7. The summed E-state index contributed by atoms with van der Waals surface area (Å²) < 4.78 is 5.81. The standard InChI is InChI=1S/C15H30N2O2/c1-15(2,3)11-14(18)17-9-4-10-19-13-7-5-12(16)6-8-13/h12-13H,4-11,16H2,1-3H3,(H,17,18). The fraction of sp³-hybridized carbons (Fsp3) is 0.933. The van der Waals surface area contributed by atoms with Crippen LogP contribution in [-0.2, 0) is 9.53 Å². The van der Waals surface area contributed by atoms with Gasteiger partial charge in [-0.25, -0.2) is 0 Å². The summed E-state index contributed by atoms with van der Waals surface area (Å²) in [4.78, 5) is 11.6. The second-order valence-electron chi connectivity index (χ2n) is 6.85. The lowest BCUT2D eigenvalue weighted by atomic mass is 9.92. The van der Waals surface area contributed by atoms with Gasteiger partial charge >= 0.3 is 0 Å². The summed E-state index contributed by atoms with van der Waals surface area (Å²) in [6, 6.07) is 0.372. The van der Waals surface area contributed by atoms with Crippen molar-refractivity contribution in [2.45, 2.75) is 71.4 Å². The molecule has 0 atom stereocenters. The van der Waals surface area contributed by atoms with Crippen molar-refractivity contribution in [3.63, 3.8) is 0 Å². The average molecular weight is 270 g/mol. The first kappa shape index (κ1) is 16.4. The normalized spacial score (nSPS) is 24.2. The van der Waals surface area contributed by atoms with E-state index in [9.17, 15) is 4.79 Å². The van der Waals surface area contributed by atoms with Crippen LogP contribution in [0.2, 0.25) is 0 Å². The molecule has 0 heterocycles. The number of hydrogen-bond donors (Lipinski definition) is 2. The predicted octanol–water partition coefficient (Wildman–Crippen LogP) is 2.22. The lowest BCUT2D eigenvalue weighted by molar-refractivity contribution is -0.122. The lowest BCUT2D eigenvalue weighted by Gasteiger charge is -2.26. The van der Waals surface area contributed by atoms with Gasteiger partial charge < -0.3 is 15.8 Å². The number of carbonyl (C=O) groups is 1. The molecule has 0 aromatic heterocycles. The molecule has 4 nitrogen and oxygen atoms in total. The Bertz CT molecular complexity index is 266. The number of hydrogen-bond acceptors (Lipinski definition) is 3. The number of ether oxygens (including phenoxy) is 1. The van der Waals surface area contributed by atoms with Crippen molar-refractivity contribution >= 4 is 5.91 Å². The molecule has 0 bridgehead atoms. The molecule has 3 N–H and O–H groups in total. The number of carbonyl (C=O) groups excluding carboxylic acids is 1. The van der Waals surface area contributed by atoms with Gasteiger partial charge in [0.25, 0.3) is 0 Å². The van der Waals surface area contributed by atoms with Crippen molar-refractivity contribution in [2.24, 2.45) is 11.1 Å². The average Bonchev–Trinajstić information content (AvgIpc) is 2.29. The van der Waals surface area contributed by atoms with Gasteiger partial charge in [-0.1, -0.05) is 20.8 Å². The molecule has 0 saturated heterocycles. The molecule has 19 heavy (non-hydrogen) atoms. The van der Waals surface area contributed by atoms with E-state index < -0.39 is 0 Å². The number of rotatable bonds is 6. The maximum Gasteiger partial charge on any atom is 0.220 e. The molecule has 1 amide bonds. The Hall–Kier alpha value is -0.610. The quantitative estimate of drug-likeness (QED) is 0.727. The van der Waals surface area contributed by atoms with E-state index in [1.165, 1.54) is 0 Å². The zero-order chi connectivity index (χ0) is 14.3. The van der Waals surface area contributed by atoms with Gasteiger partial charge in [0.05, 0.1) is 6.10 Å². The van der Waals surface area contributed by atoms with Gasteiger partial charge in [-0.05, 0) is 37.5 Å². The van der Waals surface area contributed by atoms with Crippen LogP contribution in [0.15, 0.2) is 0 Å². The second-order valence-corrected chi connectivity index (χ2v) is 6.85. The van der Waals surface area contributed by atoms with E-state index in [1.54, 1.807) is 0 Å². The Morgan fingerprint density at radius 1 is 1.26 bits per heavy atom. The van der Waals surface area contributed by atoms with E-state index in [-0.39, 0.29) is 11.3 Å². The summed E-state index contributed by atoms with van der Waals surface area (Å²) in [5.41, 5.74) is 5.91. The Morgan fingerprint density at radius 3 is 2.47 bits per heavy atom. The number of amides is 1. The zero-order valence-corrected chi connectivity index (χ0v) is 12.7. The van der Waals surface area contributed by atoms with Gasteiger partial charge in [0.1, 0.15) is 0 Å². The highest BCUT2D eigenvalue weighted by Gasteiger charge is 2.18. The molecule has 0 spiro atoms. The maximum absolute atomic E-state index is 11.6. The molecule has 0 radical (unpaired) electrons. The van der Waals surface area contributed by atoms with Gasteiger partial charge in [-0.15, -0.1) is 0 Å². The van der Waals surface area contributed by atoms with Crippen LogP contribution in [0.1, 0.15) is 59.3 Å². The van der Waals surface area contributed by atoms with Crippen molar-refractivity contribution in [1.82, 2.24) is 5.32 Å². The highest BCUT2D eigenvalue weighted by Crippen LogP contribution is 2.20. The van der Waals surface area contributed by atoms with Crippen molar-refractivity contribution in [3.05, 3.63) is 0 Å². The Labute approximate surface area is 117 Å². The summed E-state index contributed by atoms with van der Waals surface area (Å²) >= 11 is 0. The topological polar surface area (TPSA) is 64.3 Å². The monoisotopic (exact) mass is 270 g/mol. The van der Waals surface area contributed by atoms with Crippen LogP contribution in [0, 0.1) is 5.41 Å². The summed E-state index contributed by atoms with van der Waals surface area (Å²) in [5, 5.41) is 2.95. The van der Waals surface area contributed by atoms with E-state index in [4.69, 9.17) is 10.5 Å². The first-order valence-corrected chi connectivity index (χ1v) is 7.51. The van der Waals surface area contributed by atoms with Gasteiger partial charge in [0, 0.05) is 25.6 Å². The number of nitrogens with two attached hydrogens (primary N) is 1. The number of nitrogens with one attached hydrogen (secondary N) is 1. The first-order chi connectivity index (χ1) is 8.87. The van der Waals surface area contributed by atoms with Crippen LogP contribution < -0.4 is 11.1 Å². The van der Waals surface area contributed by atoms with Crippen molar-refractivity contribution < 1.29 is 9.53 Å². The van der Waals surface area contributed by atoms with Crippen LogP contribution in [0.25, 0.3) is 0 Å². The van der Waals surface area contributed by atoms with Gasteiger partial charge in [0.15, 0.2) is 0 Å². The minimum absolute atomic E-state index is 0.0570. The maximum atomic E-state index is 11.6. The molecule has 1 aliphatic rings. The minimum Gasteiger partial charge on any atom is -0.378 e. The molecular formula is C15H30N2O2. The summed E-state index contributed by atoms with van der Waals surface area (Å²) in [6.45, 7) is 7.66. The molecule has 0 aromatic carbocycles. The Morgan fingerprint density at radius 2 is 1.89 bits per heavy atom. The second kappa shape index (κ2) is 7.85. The molecule has 1 rings (SSSR count).